The van der Waals surface area contributed by atoms with E-state index in [2.05, 4.69) is 48.7 Å². The first kappa shape index (κ1) is 15.0. The van der Waals surface area contributed by atoms with E-state index in [1.54, 1.807) is 0 Å². The largest absolute Gasteiger partial charge is 0.392 e. The third-order valence-electron chi connectivity index (χ3n) is 3.89. The Labute approximate surface area is 120 Å². The molecule has 0 radical (unpaired) electrons. The molecule has 1 aromatic rings. The highest BCUT2D eigenvalue weighted by molar-refractivity contribution is 5.82. The summed E-state index contributed by atoms with van der Waals surface area (Å²) in [7, 11) is 0. The summed E-state index contributed by atoms with van der Waals surface area (Å²) in [6, 6.07) is 8.06. The van der Waals surface area contributed by atoms with Crippen molar-refractivity contribution in [1.82, 2.24) is 10.6 Å². The molecule has 1 saturated heterocycles. The molecular weight excluding hydrogens is 252 g/mol. The van der Waals surface area contributed by atoms with Crippen LogP contribution in [-0.4, -0.2) is 29.7 Å². The van der Waals surface area contributed by atoms with Crippen LogP contribution in [0.3, 0.4) is 0 Å². The van der Waals surface area contributed by atoms with E-state index in [1.165, 1.54) is 5.56 Å². The van der Waals surface area contributed by atoms with Crippen LogP contribution in [-0.2, 0) is 4.79 Å². The SMILES string of the molecule is CC(C)c1ccc(C(C)NC(=O)C2CC(O)CN2)cc1. The summed E-state index contributed by atoms with van der Waals surface area (Å²) in [4.78, 5) is 12.1. The lowest BCUT2D eigenvalue weighted by atomic mass is 9.99. The van der Waals surface area contributed by atoms with Crippen molar-refractivity contribution in [3.63, 3.8) is 0 Å². The van der Waals surface area contributed by atoms with Gasteiger partial charge in [-0.25, -0.2) is 0 Å². The molecule has 1 aliphatic rings. The summed E-state index contributed by atoms with van der Waals surface area (Å²) in [6.45, 7) is 6.80. The second-order valence-electron chi connectivity index (χ2n) is 5.90. The predicted molar refractivity (Wildman–Crippen MR) is 79.5 cm³/mol. The summed E-state index contributed by atoms with van der Waals surface area (Å²) in [6.07, 6.45) is 0.0802. The molecule has 0 spiro atoms. The Morgan fingerprint density at radius 3 is 2.35 bits per heavy atom. The summed E-state index contributed by atoms with van der Waals surface area (Å²) >= 11 is 0. The first-order chi connectivity index (χ1) is 9.47. The van der Waals surface area contributed by atoms with Crippen LogP contribution in [0.4, 0.5) is 0 Å². The normalized spacial score (nSPS) is 23.9. The molecular formula is C16H24N2O2. The Bertz CT molecular complexity index is 456. The fraction of sp³-hybridized carbons (Fsp3) is 0.562. The summed E-state index contributed by atoms with van der Waals surface area (Å²) in [5.74, 6) is 0.472. The van der Waals surface area contributed by atoms with Gasteiger partial charge in [-0.15, -0.1) is 0 Å². The standard InChI is InChI=1S/C16H24N2O2/c1-10(2)12-4-6-13(7-5-12)11(3)18-16(20)15-8-14(19)9-17-15/h4-7,10-11,14-15,17,19H,8-9H2,1-3H3,(H,18,20). The van der Waals surface area contributed by atoms with E-state index in [1.807, 2.05) is 6.92 Å². The number of carbonyl (C=O) groups excluding carboxylic acids is 1. The van der Waals surface area contributed by atoms with Crippen molar-refractivity contribution < 1.29 is 9.90 Å². The van der Waals surface area contributed by atoms with Crippen molar-refractivity contribution in [2.75, 3.05) is 6.54 Å². The molecule has 3 atom stereocenters. The van der Waals surface area contributed by atoms with Crippen LogP contribution in [0.5, 0.6) is 0 Å². The molecule has 3 unspecified atom stereocenters. The number of aliphatic hydroxyl groups excluding tert-OH is 1. The molecule has 1 heterocycles. The third kappa shape index (κ3) is 3.58. The van der Waals surface area contributed by atoms with Crippen molar-refractivity contribution in [3.05, 3.63) is 35.4 Å². The molecule has 110 valence electrons. The van der Waals surface area contributed by atoms with Gasteiger partial charge in [0.25, 0.3) is 0 Å². The third-order valence-corrected chi connectivity index (χ3v) is 3.89. The number of carbonyl (C=O) groups is 1. The molecule has 0 aliphatic carbocycles. The Morgan fingerprint density at radius 2 is 1.85 bits per heavy atom. The highest BCUT2D eigenvalue weighted by Crippen LogP contribution is 2.19. The minimum absolute atomic E-state index is 0.0248. The molecule has 3 N–H and O–H groups in total. The molecule has 1 amide bonds. The van der Waals surface area contributed by atoms with Gasteiger partial charge in [-0.3, -0.25) is 4.79 Å². The first-order valence-electron chi connectivity index (χ1n) is 7.29. The van der Waals surface area contributed by atoms with Crippen molar-refractivity contribution in [3.8, 4) is 0 Å². The number of aliphatic hydroxyl groups is 1. The molecule has 4 heteroatoms. The Morgan fingerprint density at radius 1 is 1.25 bits per heavy atom. The number of hydrogen-bond acceptors (Lipinski definition) is 3. The highest BCUT2D eigenvalue weighted by Gasteiger charge is 2.28. The van der Waals surface area contributed by atoms with Gasteiger partial charge >= 0.3 is 0 Å². The molecule has 4 nitrogen and oxygen atoms in total. The Hall–Kier alpha value is -1.39. The van der Waals surface area contributed by atoms with Gasteiger partial charge in [-0.05, 0) is 30.4 Å². The van der Waals surface area contributed by atoms with E-state index >= 15 is 0 Å². The maximum absolute atomic E-state index is 12.1. The van der Waals surface area contributed by atoms with Gasteiger partial charge in [0.1, 0.15) is 0 Å². The Kier molecular flexibility index (Phi) is 4.78. The smallest absolute Gasteiger partial charge is 0.237 e. The minimum atomic E-state index is -0.411. The fourth-order valence-corrected chi connectivity index (χ4v) is 2.48. The summed E-state index contributed by atoms with van der Waals surface area (Å²) < 4.78 is 0. The molecule has 0 bridgehead atoms. The van der Waals surface area contributed by atoms with Crippen LogP contribution in [0.15, 0.2) is 24.3 Å². The van der Waals surface area contributed by atoms with E-state index in [9.17, 15) is 9.90 Å². The number of benzene rings is 1. The molecule has 0 saturated carbocycles. The number of amides is 1. The van der Waals surface area contributed by atoms with Gasteiger partial charge in [-0.1, -0.05) is 38.1 Å². The fourth-order valence-electron chi connectivity index (χ4n) is 2.48. The average molecular weight is 276 g/mol. The van der Waals surface area contributed by atoms with Gasteiger partial charge in [0, 0.05) is 6.54 Å². The second kappa shape index (κ2) is 6.37. The van der Waals surface area contributed by atoms with Crippen LogP contribution < -0.4 is 10.6 Å². The maximum Gasteiger partial charge on any atom is 0.237 e. The van der Waals surface area contributed by atoms with Crippen molar-refractivity contribution in [1.29, 1.82) is 0 Å². The number of rotatable bonds is 4. The average Bonchev–Trinajstić information content (AvgIpc) is 2.85. The van der Waals surface area contributed by atoms with Crippen LogP contribution in [0, 0.1) is 0 Å². The quantitative estimate of drug-likeness (QED) is 0.784. The molecule has 1 aliphatic heterocycles. The van der Waals surface area contributed by atoms with Crippen LogP contribution >= 0.6 is 0 Å². The lowest BCUT2D eigenvalue weighted by Crippen LogP contribution is -2.41. The van der Waals surface area contributed by atoms with Gasteiger partial charge in [0.15, 0.2) is 0 Å². The minimum Gasteiger partial charge on any atom is -0.392 e. The van der Waals surface area contributed by atoms with Crippen molar-refractivity contribution in [2.45, 2.75) is 51.3 Å². The molecule has 2 rings (SSSR count). The lowest BCUT2D eigenvalue weighted by Gasteiger charge is -2.18. The van der Waals surface area contributed by atoms with E-state index in [-0.39, 0.29) is 18.0 Å². The summed E-state index contributed by atoms with van der Waals surface area (Å²) in [5.41, 5.74) is 2.40. The van der Waals surface area contributed by atoms with Crippen molar-refractivity contribution in [2.24, 2.45) is 0 Å². The first-order valence-corrected chi connectivity index (χ1v) is 7.29. The van der Waals surface area contributed by atoms with Crippen LogP contribution in [0.1, 0.15) is 50.3 Å². The predicted octanol–water partition coefficient (Wildman–Crippen LogP) is 1.71. The van der Waals surface area contributed by atoms with Crippen LogP contribution in [0.2, 0.25) is 0 Å². The zero-order valence-corrected chi connectivity index (χ0v) is 12.4. The zero-order valence-electron chi connectivity index (χ0n) is 12.4. The molecule has 0 aromatic heterocycles. The van der Waals surface area contributed by atoms with Crippen molar-refractivity contribution >= 4 is 5.91 Å². The van der Waals surface area contributed by atoms with Gasteiger partial charge in [-0.2, -0.15) is 0 Å². The second-order valence-corrected chi connectivity index (χ2v) is 5.90. The topological polar surface area (TPSA) is 61.4 Å². The van der Waals surface area contributed by atoms with E-state index in [0.717, 1.165) is 5.56 Å². The van der Waals surface area contributed by atoms with Gasteiger partial charge < -0.3 is 15.7 Å². The summed E-state index contributed by atoms with van der Waals surface area (Å²) in [5, 5.41) is 15.5. The van der Waals surface area contributed by atoms with E-state index in [0.29, 0.717) is 18.9 Å². The van der Waals surface area contributed by atoms with Gasteiger partial charge in [0.05, 0.1) is 18.2 Å². The lowest BCUT2D eigenvalue weighted by molar-refractivity contribution is -0.123. The molecule has 20 heavy (non-hydrogen) atoms. The number of nitrogens with one attached hydrogen (secondary N) is 2. The Balaban J connectivity index is 1.94. The molecule has 1 fully saturated rings. The van der Waals surface area contributed by atoms with E-state index in [4.69, 9.17) is 0 Å². The van der Waals surface area contributed by atoms with Crippen LogP contribution in [0.25, 0.3) is 0 Å². The highest BCUT2D eigenvalue weighted by atomic mass is 16.3. The monoisotopic (exact) mass is 276 g/mol. The number of hydrogen-bond donors (Lipinski definition) is 3. The molecule has 1 aromatic carbocycles. The van der Waals surface area contributed by atoms with Gasteiger partial charge in [0.2, 0.25) is 5.91 Å². The maximum atomic E-state index is 12.1. The number of β-amino-alcohol motifs (C(OH)–C–C–N with tert-alkyl or cyclic N) is 1. The van der Waals surface area contributed by atoms with E-state index < -0.39 is 6.10 Å². The zero-order chi connectivity index (χ0) is 14.7.